The monoisotopic (exact) mass is 426 g/mol. The van der Waals surface area contributed by atoms with E-state index in [9.17, 15) is 19.5 Å². The van der Waals surface area contributed by atoms with E-state index in [1.807, 2.05) is 0 Å². The fourth-order valence-electron chi connectivity index (χ4n) is 4.52. The zero-order valence-electron chi connectivity index (χ0n) is 17.2. The molecule has 0 radical (unpaired) electrons. The zero-order valence-corrected chi connectivity index (χ0v) is 17.2. The second-order valence-electron chi connectivity index (χ2n) is 7.28. The van der Waals surface area contributed by atoms with Crippen LogP contribution in [-0.4, -0.2) is 50.3 Å². The van der Waals surface area contributed by atoms with E-state index >= 15 is 0 Å². The molecule has 31 heavy (non-hydrogen) atoms. The van der Waals surface area contributed by atoms with Crippen LogP contribution in [0.4, 0.5) is 5.69 Å². The van der Waals surface area contributed by atoms with E-state index < -0.39 is 41.7 Å². The lowest BCUT2D eigenvalue weighted by atomic mass is 9.86. The van der Waals surface area contributed by atoms with E-state index in [0.29, 0.717) is 28.5 Å². The maximum Gasteiger partial charge on any atom is 0.321 e. The number of aliphatic carboxylic acids is 1. The molecule has 2 aliphatic rings. The number of rotatable bonds is 6. The maximum absolute atomic E-state index is 13.4. The van der Waals surface area contributed by atoms with Gasteiger partial charge in [0.2, 0.25) is 17.6 Å². The maximum atomic E-state index is 13.4. The van der Waals surface area contributed by atoms with E-state index in [-0.39, 0.29) is 0 Å². The number of hydrogen-bond acceptors (Lipinski definition) is 7. The highest BCUT2D eigenvalue weighted by Crippen LogP contribution is 2.50. The van der Waals surface area contributed by atoms with Crippen molar-refractivity contribution in [2.24, 2.45) is 11.8 Å². The standard InChI is InChI=1S/C22H22N2O7/c1-29-13-10-9-12(18(30-2)19(13)31-3)16-14-15(17(23-16)22(27)28)21(26)24(20(14)25)11-7-5-4-6-8-11/h4-10,14-17,23H,1-3H3,(H,27,28). The minimum Gasteiger partial charge on any atom is -0.493 e. The Hall–Kier alpha value is -3.59. The van der Waals surface area contributed by atoms with E-state index in [0.717, 1.165) is 4.90 Å². The van der Waals surface area contributed by atoms with Gasteiger partial charge in [0.1, 0.15) is 6.04 Å². The smallest absolute Gasteiger partial charge is 0.321 e. The van der Waals surface area contributed by atoms with Crippen molar-refractivity contribution in [3.8, 4) is 17.2 Å². The van der Waals surface area contributed by atoms with Crippen LogP contribution in [0.3, 0.4) is 0 Å². The SMILES string of the molecule is COc1ccc(C2NC(C(=O)O)C3C(=O)N(c4ccccc4)C(=O)C23)c(OC)c1OC. The molecule has 9 nitrogen and oxygen atoms in total. The molecule has 2 aliphatic heterocycles. The van der Waals surface area contributed by atoms with Gasteiger partial charge >= 0.3 is 5.97 Å². The molecule has 0 saturated carbocycles. The molecule has 4 rings (SSSR count). The number of carbonyl (C=O) groups is 3. The van der Waals surface area contributed by atoms with Crippen LogP contribution in [0.25, 0.3) is 0 Å². The first kappa shape index (κ1) is 20.7. The third-order valence-electron chi connectivity index (χ3n) is 5.83. The Kier molecular flexibility index (Phi) is 5.28. The summed E-state index contributed by atoms with van der Waals surface area (Å²) in [6.07, 6.45) is 0. The quantitative estimate of drug-likeness (QED) is 0.670. The average Bonchev–Trinajstić information content (AvgIpc) is 3.30. The number of anilines is 1. The van der Waals surface area contributed by atoms with Crippen LogP contribution in [0, 0.1) is 11.8 Å². The Morgan fingerprint density at radius 1 is 0.903 bits per heavy atom. The van der Waals surface area contributed by atoms with Crippen molar-refractivity contribution in [2.45, 2.75) is 12.1 Å². The summed E-state index contributed by atoms with van der Waals surface area (Å²) in [4.78, 5) is 39.6. The van der Waals surface area contributed by atoms with Crippen molar-refractivity contribution in [3.05, 3.63) is 48.0 Å². The average molecular weight is 426 g/mol. The van der Waals surface area contributed by atoms with Gasteiger partial charge in [-0.3, -0.25) is 19.7 Å². The minimum atomic E-state index is -1.22. The van der Waals surface area contributed by atoms with Crippen LogP contribution >= 0.6 is 0 Å². The Balaban J connectivity index is 1.83. The number of nitrogens with zero attached hydrogens (tertiary/aromatic N) is 1. The topological polar surface area (TPSA) is 114 Å². The molecule has 2 aromatic carbocycles. The number of para-hydroxylation sites is 1. The van der Waals surface area contributed by atoms with Gasteiger partial charge in [-0.15, -0.1) is 0 Å². The van der Waals surface area contributed by atoms with Gasteiger partial charge in [-0.05, 0) is 24.3 Å². The Morgan fingerprint density at radius 3 is 2.13 bits per heavy atom. The molecule has 4 unspecified atom stereocenters. The van der Waals surface area contributed by atoms with Crippen molar-refractivity contribution in [1.29, 1.82) is 0 Å². The number of benzene rings is 2. The second kappa shape index (κ2) is 7.92. The number of imide groups is 1. The van der Waals surface area contributed by atoms with E-state index in [1.54, 1.807) is 42.5 Å². The molecule has 4 atom stereocenters. The van der Waals surface area contributed by atoms with Gasteiger partial charge in [-0.2, -0.15) is 0 Å². The molecular weight excluding hydrogens is 404 g/mol. The molecule has 2 fully saturated rings. The fourth-order valence-corrected chi connectivity index (χ4v) is 4.52. The van der Waals surface area contributed by atoms with Gasteiger partial charge in [-0.1, -0.05) is 18.2 Å². The second-order valence-corrected chi connectivity index (χ2v) is 7.28. The van der Waals surface area contributed by atoms with E-state index in [2.05, 4.69) is 5.32 Å². The summed E-state index contributed by atoms with van der Waals surface area (Å²) in [6, 6.07) is 9.83. The van der Waals surface area contributed by atoms with Crippen molar-refractivity contribution in [1.82, 2.24) is 5.32 Å². The summed E-state index contributed by atoms with van der Waals surface area (Å²) in [5.41, 5.74) is 0.920. The number of fused-ring (bicyclic) bond motifs is 1. The number of carboxylic acid groups (broad SMARTS) is 1. The molecule has 162 valence electrons. The van der Waals surface area contributed by atoms with Crippen molar-refractivity contribution < 1.29 is 33.7 Å². The third-order valence-corrected chi connectivity index (χ3v) is 5.83. The summed E-state index contributed by atoms with van der Waals surface area (Å²) in [6.45, 7) is 0. The third kappa shape index (κ3) is 3.09. The van der Waals surface area contributed by atoms with Gasteiger partial charge in [0, 0.05) is 11.6 Å². The number of carbonyl (C=O) groups excluding carboxylic acids is 2. The Bertz CT molecular complexity index is 1040. The summed E-state index contributed by atoms with van der Waals surface area (Å²) < 4.78 is 16.3. The lowest BCUT2D eigenvalue weighted by molar-refractivity contribution is -0.142. The molecule has 2 amide bonds. The number of methoxy groups -OCH3 is 3. The number of carboxylic acids is 1. The lowest BCUT2D eigenvalue weighted by Crippen LogP contribution is -2.43. The molecule has 0 spiro atoms. The molecule has 2 aromatic rings. The van der Waals surface area contributed by atoms with Gasteiger partial charge in [0.25, 0.3) is 0 Å². The highest BCUT2D eigenvalue weighted by Gasteiger charge is 2.61. The first-order chi connectivity index (χ1) is 14.9. The summed E-state index contributed by atoms with van der Waals surface area (Å²) in [7, 11) is 4.38. The predicted molar refractivity (Wildman–Crippen MR) is 109 cm³/mol. The normalized spacial score (nSPS) is 24.8. The van der Waals surface area contributed by atoms with Gasteiger partial charge in [-0.25, -0.2) is 4.90 Å². The molecule has 2 saturated heterocycles. The van der Waals surface area contributed by atoms with Gasteiger partial charge < -0.3 is 19.3 Å². The lowest BCUT2D eigenvalue weighted by Gasteiger charge is -2.24. The van der Waals surface area contributed by atoms with Gasteiger partial charge in [0.15, 0.2) is 11.5 Å². The Morgan fingerprint density at radius 2 is 1.55 bits per heavy atom. The van der Waals surface area contributed by atoms with Crippen molar-refractivity contribution in [2.75, 3.05) is 26.2 Å². The van der Waals surface area contributed by atoms with Gasteiger partial charge in [0.05, 0.1) is 38.9 Å². The summed E-state index contributed by atoms with van der Waals surface area (Å²) in [5, 5.41) is 12.7. The first-order valence-corrected chi connectivity index (χ1v) is 9.65. The van der Waals surface area contributed by atoms with E-state index in [4.69, 9.17) is 14.2 Å². The number of nitrogens with one attached hydrogen (secondary N) is 1. The van der Waals surface area contributed by atoms with Crippen LogP contribution < -0.4 is 24.4 Å². The summed E-state index contributed by atoms with van der Waals surface area (Å²) >= 11 is 0. The highest BCUT2D eigenvalue weighted by molar-refractivity contribution is 6.23. The molecule has 0 aromatic heterocycles. The largest absolute Gasteiger partial charge is 0.493 e. The van der Waals surface area contributed by atoms with Crippen LogP contribution in [0.2, 0.25) is 0 Å². The fraction of sp³-hybridized carbons (Fsp3) is 0.318. The number of ether oxygens (including phenoxy) is 3. The van der Waals surface area contributed by atoms with Crippen molar-refractivity contribution >= 4 is 23.5 Å². The minimum absolute atomic E-state index is 0.308. The molecule has 2 N–H and O–H groups in total. The van der Waals surface area contributed by atoms with Crippen LogP contribution in [0.15, 0.2) is 42.5 Å². The molecule has 2 heterocycles. The van der Waals surface area contributed by atoms with E-state index in [1.165, 1.54) is 21.3 Å². The van der Waals surface area contributed by atoms with Crippen LogP contribution in [-0.2, 0) is 14.4 Å². The zero-order chi connectivity index (χ0) is 22.3. The predicted octanol–water partition coefficient (Wildman–Crippen LogP) is 1.62. The molecule has 9 heteroatoms. The number of amides is 2. The Labute approximate surface area is 178 Å². The summed E-state index contributed by atoms with van der Waals surface area (Å²) in [5.74, 6) is -3.12. The number of hydrogen-bond donors (Lipinski definition) is 2. The first-order valence-electron chi connectivity index (χ1n) is 9.65. The van der Waals surface area contributed by atoms with Crippen LogP contribution in [0.5, 0.6) is 17.2 Å². The van der Waals surface area contributed by atoms with Crippen LogP contribution in [0.1, 0.15) is 11.6 Å². The molecular formula is C22H22N2O7. The highest BCUT2D eigenvalue weighted by atomic mass is 16.5. The molecule has 0 aliphatic carbocycles. The van der Waals surface area contributed by atoms with Crippen molar-refractivity contribution in [3.63, 3.8) is 0 Å². The molecule has 0 bridgehead atoms.